The molecule has 0 spiro atoms. The van der Waals surface area contributed by atoms with Gasteiger partial charge in [0.25, 0.3) is 0 Å². The molecule has 22 heavy (non-hydrogen) atoms. The van der Waals surface area contributed by atoms with Crippen molar-refractivity contribution < 1.29 is 4.79 Å². The van der Waals surface area contributed by atoms with Crippen molar-refractivity contribution >= 4 is 17.4 Å². The third kappa shape index (κ3) is 2.72. The standard InChI is InChI=1S/C14H21N7O/c1-3-19(4-2)14(22)11-7-9-20(10-8-11)13-6-5-12-15-17-18-21(12)16-13/h5-6,11H,3-4,7-10H2,1-2H3. The second-order valence-corrected chi connectivity index (χ2v) is 5.49. The van der Waals surface area contributed by atoms with Gasteiger partial charge in [-0.05, 0) is 49.2 Å². The topological polar surface area (TPSA) is 79.5 Å². The number of aromatic nitrogens is 5. The lowest BCUT2D eigenvalue weighted by Gasteiger charge is -2.34. The van der Waals surface area contributed by atoms with Crippen LogP contribution >= 0.6 is 0 Å². The number of fused-ring (bicyclic) bond motifs is 1. The Morgan fingerprint density at radius 1 is 1.27 bits per heavy atom. The Hall–Kier alpha value is -2.25. The lowest BCUT2D eigenvalue weighted by molar-refractivity contribution is -0.135. The minimum absolute atomic E-state index is 0.132. The predicted octanol–water partition coefficient (Wildman–Crippen LogP) is 0.604. The van der Waals surface area contributed by atoms with E-state index in [0.29, 0.717) is 5.65 Å². The summed E-state index contributed by atoms with van der Waals surface area (Å²) in [5.74, 6) is 1.27. The summed E-state index contributed by atoms with van der Waals surface area (Å²) >= 11 is 0. The Balaban J connectivity index is 1.65. The lowest BCUT2D eigenvalue weighted by atomic mass is 9.95. The Morgan fingerprint density at radius 3 is 2.68 bits per heavy atom. The van der Waals surface area contributed by atoms with E-state index in [1.165, 1.54) is 4.63 Å². The van der Waals surface area contributed by atoms with Crippen molar-refractivity contribution in [2.24, 2.45) is 5.92 Å². The number of amides is 1. The number of nitrogens with zero attached hydrogens (tertiary/aromatic N) is 7. The molecule has 1 amide bonds. The van der Waals surface area contributed by atoms with Crippen LogP contribution in [-0.2, 0) is 4.79 Å². The van der Waals surface area contributed by atoms with Crippen LogP contribution in [0.5, 0.6) is 0 Å². The van der Waals surface area contributed by atoms with Crippen LogP contribution in [0.3, 0.4) is 0 Å². The molecule has 3 rings (SSSR count). The number of anilines is 1. The molecule has 8 heteroatoms. The molecule has 1 saturated heterocycles. The zero-order valence-corrected chi connectivity index (χ0v) is 13.0. The van der Waals surface area contributed by atoms with Crippen LogP contribution in [0, 0.1) is 5.92 Å². The molecular formula is C14H21N7O. The molecule has 0 aromatic carbocycles. The molecule has 118 valence electrons. The van der Waals surface area contributed by atoms with Gasteiger partial charge in [-0.2, -0.15) is 0 Å². The van der Waals surface area contributed by atoms with E-state index >= 15 is 0 Å². The van der Waals surface area contributed by atoms with Crippen LogP contribution < -0.4 is 4.90 Å². The maximum Gasteiger partial charge on any atom is 0.225 e. The van der Waals surface area contributed by atoms with E-state index in [4.69, 9.17) is 0 Å². The number of carbonyl (C=O) groups excluding carboxylic acids is 1. The van der Waals surface area contributed by atoms with Gasteiger partial charge in [0.2, 0.25) is 5.91 Å². The SMILES string of the molecule is CCN(CC)C(=O)C1CCN(c2ccc3nnnn3n2)CC1. The van der Waals surface area contributed by atoms with Crippen LogP contribution in [0.25, 0.3) is 5.65 Å². The van der Waals surface area contributed by atoms with Crippen molar-refractivity contribution in [3.05, 3.63) is 12.1 Å². The predicted molar refractivity (Wildman–Crippen MR) is 81.4 cm³/mol. The maximum absolute atomic E-state index is 12.4. The smallest absolute Gasteiger partial charge is 0.225 e. The van der Waals surface area contributed by atoms with E-state index in [9.17, 15) is 4.79 Å². The monoisotopic (exact) mass is 303 g/mol. The van der Waals surface area contributed by atoms with Crippen LogP contribution in [0.1, 0.15) is 26.7 Å². The van der Waals surface area contributed by atoms with Crippen LogP contribution in [0.4, 0.5) is 5.82 Å². The first kappa shape index (κ1) is 14.7. The summed E-state index contributed by atoms with van der Waals surface area (Å²) in [6, 6.07) is 3.79. The van der Waals surface area contributed by atoms with Crippen molar-refractivity contribution in [3.63, 3.8) is 0 Å². The van der Waals surface area contributed by atoms with Crippen molar-refractivity contribution in [2.75, 3.05) is 31.1 Å². The Labute approximate surface area is 129 Å². The summed E-state index contributed by atoms with van der Waals surface area (Å²) in [6.07, 6.45) is 1.73. The van der Waals surface area contributed by atoms with E-state index in [1.54, 1.807) is 0 Å². The van der Waals surface area contributed by atoms with Gasteiger partial charge in [0.15, 0.2) is 11.5 Å². The zero-order chi connectivity index (χ0) is 15.5. The van der Waals surface area contributed by atoms with Crippen molar-refractivity contribution in [1.82, 2.24) is 30.2 Å². The number of hydrogen-bond donors (Lipinski definition) is 0. The normalized spacial score (nSPS) is 16.2. The molecule has 1 aliphatic rings. The number of rotatable bonds is 4. The summed E-state index contributed by atoms with van der Waals surface area (Å²) in [6.45, 7) is 7.29. The zero-order valence-electron chi connectivity index (χ0n) is 13.0. The van der Waals surface area contributed by atoms with Gasteiger partial charge in [0.1, 0.15) is 0 Å². The number of tetrazole rings is 1. The molecule has 0 bridgehead atoms. The van der Waals surface area contributed by atoms with Gasteiger partial charge < -0.3 is 9.80 Å². The third-order valence-corrected chi connectivity index (χ3v) is 4.30. The first-order valence-corrected chi connectivity index (χ1v) is 7.82. The average Bonchev–Trinajstić information content (AvgIpc) is 3.03. The molecule has 1 fully saturated rings. The van der Waals surface area contributed by atoms with E-state index in [2.05, 4.69) is 25.5 Å². The van der Waals surface area contributed by atoms with Crippen molar-refractivity contribution in [1.29, 1.82) is 0 Å². The van der Waals surface area contributed by atoms with E-state index in [1.807, 2.05) is 30.9 Å². The molecule has 1 aliphatic heterocycles. The van der Waals surface area contributed by atoms with E-state index < -0.39 is 0 Å². The van der Waals surface area contributed by atoms with E-state index in [-0.39, 0.29) is 11.8 Å². The highest BCUT2D eigenvalue weighted by Gasteiger charge is 2.28. The molecule has 8 nitrogen and oxygen atoms in total. The van der Waals surface area contributed by atoms with Crippen LogP contribution in [0.15, 0.2) is 12.1 Å². The summed E-state index contributed by atoms with van der Waals surface area (Å²) in [5.41, 5.74) is 0.635. The molecule has 2 aromatic rings. The Kier molecular flexibility index (Phi) is 4.17. The summed E-state index contributed by atoms with van der Waals surface area (Å²) in [7, 11) is 0. The second kappa shape index (κ2) is 6.25. The largest absolute Gasteiger partial charge is 0.355 e. The molecule has 0 atom stereocenters. The minimum atomic E-state index is 0.132. The molecular weight excluding hydrogens is 282 g/mol. The molecule has 0 saturated carbocycles. The molecule has 0 unspecified atom stereocenters. The quantitative estimate of drug-likeness (QED) is 0.823. The fourth-order valence-corrected chi connectivity index (χ4v) is 2.96. The number of carbonyl (C=O) groups is 1. The molecule has 0 N–H and O–H groups in total. The molecule has 0 radical (unpaired) electrons. The third-order valence-electron chi connectivity index (χ3n) is 4.30. The van der Waals surface area contributed by atoms with Gasteiger partial charge in [0, 0.05) is 32.1 Å². The highest BCUT2D eigenvalue weighted by molar-refractivity contribution is 5.79. The van der Waals surface area contributed by atoms with Crippen molar-refractivity contribution in [2.45, 2.75) is 26.7 Å². The van der Waals surface area contributed by atoms with Gasteiger partial charge >= 0.3 is 0 Å². The maximum atomic E-state index is 12.4. The Bertz CT molecular complexity index is 643. The van der Waals surface area contributed by atoms with Gasteiger partial charge in [-0.1, -0.05) is 0 Å². The molecule has 3 heterocycles. The van der Waals surface area contributed by atoms with Gasteiger partial charge in [-0.25, -0.2) is 0 Å². The summed E-state index contributed by atoms with van der Waals surface area (Å²) in [5, 5.41) is 15.7. The highest BCUT2D eigenvalue weighted by Crippen LogP contribution is 2.23. The molecule has 0 aliphatic carbocycles. The summed E-state index contributed by atoms with van der Waals surface area (Å²) < 4.78 is 1.43. The van der Waals surface area contributed by atoms with Gasteiger partial charge in [0.05, 0.1) is 0 Å². The first-order valence-electron chi connectivity index (χ1n) is 7.82. The average molecular weight is 303 g/mol. The Morgan fingerprint density at radius 2 is 2.00 bits per heavy atom. The van der Waals surface area contributed by atoms with Crippen LogP contribution in [0.2, 0.25) is 0 Å². The first-order chi connectivity index (χ1) is 10.7. The second-order valence-electron chi connectivity index (χ2n) is 5.49. The van der Waals surface area contributed by atoms with Crippen LogP contribution in [-0.4, -0.2) is 62.2 Å². The summed E-state index contributed by atoms with van der Waals surface area (Å²) in [4.78, 5) is 16.5. The number of piperidine rings is 1. The van der Waals surface area contributed by atoms with E-state index in [0.717, 1.165) is 44.8 Å². The molecule has 2 aromatic heterocycles. The van der Waals surface area contributed by atoms with Gasteiger partial charge in [-0.3, -0.25) is 4.79 Å². The van der Waals surface area contributed by atoms with Gasteiger partial charge in [-0.15, -0.1) is 14.8 Å². The fourth-order valence-electron chi connectivity index (χ4n) is 2.96. The minimum Gasteiger partial charge on any atom is -0.355 e. The highest BCUT2D eigenvalue weighted by atomic mass is 16.2. The fraction of sp³-hybridized carbons (Fsp3) is 0.643. The lowest BCUT2D eigenvalue weighted by Crippen LogP contribution is -2.42. The van der Waals surface area contributed by atoms with Crippen molar-refractivity contribution in [3.8, 4) is 0 Å². The number of hydrogen-bond acceptors (Lipinski definition) is 6.